The Bertz CT molecular complexity index is 940. The molecule has 6 nitrogen and oxygen atoms in total. The second-order valence-electron chi connectivity index (χ2n) is 8.29. The van der Waals surface area contributed by atoms with Gasteiger partial charge in [-0.05, 0) is 36.2 Å². The molecule has 0 saturated carbocycles. The van der Waals surface area contributed by atoms with Crippen molar-refractivity contribution in [1.29, 1.82) is 0 Å². The van der Waals surface area contributed by atoms with E-state index in [0.29, 0.717) is 18.5 Å². The van der Waals surface area contributed by atoms with Crippen LogP contribution in [0.5, 0.6) is 0 Å². The van der Waals surface area contributed by atoms with Gasteiger partial charge in [0.05, 0.1) is 19.5 Å². The first kappa shape index (κ1) is 21.2. The van der Waals surface area contributed by atoms with E-state index in [2.05, 4.69) is 5.32 Å². The minimum atomic E-state index is -0.373. The molecule has 31 heavy (non-hydrogen) atoms. The van der Waals surface area contributed by atoms with Gasteiger partial charge in [-0.15, -0.1) is 0 Å². The lowest BCUT2D eigenvalue weighted by Crippen LogP contribution is -3.17. The standard InChI is InChI=1S/C24H26FN3O3/c25-19-8-6-18(7-9-19)23(30)26-20-11-13-27(14-12-20)21-16-22(29)28(24(21)31)15-10-17-4-2-1-3-5-17/h1-9,20-21H,10-16H2,(H,26,30)/p+1/t21-/m1/s1. The lowest BCUT2D eigenvalue weighted by Gasteiger charge is -2.32. The number of halogens is 1. The topological polar surface area (TPSA) is 70.9 Å². The number of nitrogens with one attached hydrogen (secondary N) is 2. The van der Waals surface area contributed by atoms with E-state index >= 15 is 0 Å². The SMILES string of the molecule is O=C(NC1CC[NH+]([C@@H]2CC(=O)N(CCc3ccccc3)C2=O)CC1)c1ccc(F)cc1. The second kappa shape index (κ2) is 9.39. The number of likely N-dealkylation sites (tertiary alicyclic amines) is 2. The molecule has 2 saturated heterocycles. The Hall–Kier alpha value is -3.06. The fourth-order valence-electron chi connectivity index (χ4n) is 4.47. The summed E-state index contributed by atoms with van der Waals surface area (Å²) >= 11 is 0. The van der Waals surface area contributed by atoms with Crippen molar-refractivity contribution in [1.82, 2.24) is 10.2 Å². The third-order valence-corrected chi connectivity index (χ3v) is 6.27. The zero-order chi connectivity index (χ0) is 21.8. The van der Waals surface area contributed by atoms with Crippen LogP contribution in [0.25, 0.3) is 0 Å². The van der Waals surface area contributed by atoms with Crippen molar-refractivity contribution in [3.8, 4) is 0 Å². The second-order valence-corrected chi connectivity index (χ2v) is 8.29. The van der Waals surface area contributed by atoms with Crippen molar-refractivity contribution >= 4 is 17.7 Å². The number of carbonyl (C=O) groups excluding carboxylic acids is 3. The van der Waals surface area contributed by atoms with E-state index in [1.165, 1.54) is 29.2 Å². The molecule has 4 rings (SSSR count). The van der Waals surface area contributed by atoms with E-state index in [4.69, 9.17) is 0 Å². The summed E-state index contributed by atoms with van der Waals surface area (Å²) in [5.74, 6) is -0.760. The number of imide groups is 1. The largest absolute Gasteiger partial charge is 0.349 e. The van der Waals surface area contributed by atoms with Crippen molar-refractivity contribution in [3.05, 3.63) is 71.5 Å². The Balaban J connectivity index is 1.27. The van der Waals surface area contributed by atoms with Crippen LogP contribution in [0.4, 0.5) is 4.39 Å². The number of piperidine rings is 1. The maximum Gasteiger partial charge on any atom is 0.288 e. The smallest absolute Gasteiger partial charge is 0.288 e. The van der Waals surface area contributed by atoms with E-state index in [-0.39, 0.29) is 42.0 Å². The van der Waals surface area contributed by atoms with Crippen molar-refractivity contribution in [3.63, 3.8) is 0 Å². The molecule has 2 N–H and O–H groups in total. The van der Waals surface area contributed by atoms with Crippen LogP contribution < -0.4 is 10.2 Å². The van der Waals surface area contributed by atoms with Gasteiger partial charge in [0, 0.05) is 31.0 Å². The molecule has 2 fully saturated rings. The zero-order valence-electron chi connectivity index (χ0n) is 17.4. The van der Waals surface area contributed by atoms with Crippen LogP contribution in [-0.4, -0.2) is 54.3 Å². The highest BCUT2D eigenvalue weighted by molar-refractivity contribution is 6.04. The molecular weight excluding hydrogens is 397 g/mol. The van der Waals surface area contributed by atoms with Crippen LogP contribution in [0.1, 0.15) is 35.2 Å². The van der Waals surface area contributed by atoms with Crippen molar-refractivity contribution in [2.75, 3.05) is 19.6 Å². The fourth-order valence-corrected chi connectivity index (χ4v) is 4.47. The minimum Gasteiger partial charge on any atom is -0.349 e. The fraction of sp³-hybridized carbons (Fsp3) is 0.375. The number of quaternary nitrogens is 1. The highest BCUT2D eigenvalue weighted by Gasteiger charge is 2.45. The number of rotatable bonds is 6. The minimum absolute atomic E-state index is 0.0164. The third kappa shape index (κ3) is 4.99. The summed E-state index contributed by atoms with van der Waals surface area (Å²) in [5, 5.41) is 3.00. The molecule has 3 amide bonds. The number of benzene rings is 2. The molecule has 0 radical (unpaired) electrons. The van der Waals surface area contributed by atoms with Gasteiger partial charge in [0.15, 0.2) is 6.04 Å². The molecule has 0 aliphatic carbocycles. The van der Waals surface area contributed by atoms with Gasteiger partial charge in [-0.3, -0.25) is 19.3 Å². The summed E-state index contributed by atoms with van der Waals surface area (Å²) < 4.78 is 13.0. The van der Waals surface area contributed by atoms with Crippen LogP contribution in [0.3, 0.4) is 0 Å². The Labute approximate surface area is 181 Å². The molecule has 1 atom stereocenters. The monoisotopic (exact) mass is 424 g/mol. The van der Waals surface area contributed by atoms with Crippen molar-refractivity contribution in [2.45, 2.75) is 37.8 Å². The molecule has 0 aromatic heterocycles. The molecule has 2 heterocycles. The van der Waals surface area contributed by atoms with Crippen LogP contribution in [0, 0.1) is 5.82 Å². The summed E-state index contributed by atoms with van der Waals surface area (Å²) in [7, 11) is 0. The van der Waals surface area contributed by atoms with Gasteiger partial charge in [-0.25, -0.2) is 4.39 Å². The van der Waals surface area contributed by atoms with E-state index in [9.17, 15) is 18.8 Å². The Kier molecular flexibility index (Phi) is 6.42. The Morgan fingerprint density at radius 3 is 2.39 bits per heavy atom. The van der Waals surface area contributed by atoms with E-state index < -0.39 is 0 Å². The number of nitrogens with zero attached hydrogens (tertiary/aromatic N) is 1. The predicted octanol–water partition coefficient (Wildman–Crippen LogP) is 0.973. The maximum atomic E-state index is 13.0. The van der Waals surface area contributed by atoms with Gasteiger partial charge in [0.2, 0.25) is 5.91 Å². The van der Waals surface area contributed by atoms with Gasteiger partial charge in [0.1, 0.15) is 5.82 Å². The molecular formula is C24H27FN3O3+. The van der Waals surface area contributed by atoms with E-state index in [1.807, 2.05) is 30.3 Å². The molecule has 0 unspecified atom stereocenters. The molecule has 0 bridgehead atoms. The molecule has 2 aromatic carbocycles. The summed E-state index contributed by atoms with van der Waals surface area (Å²) in [6.07, 6.45) is 2.40. The van der Waals surface area contributed by atoms with Crippen LogP contribution in [0.2, 0.25) is 0 Å². The first-order chi connectivity index (χ1) is 15.0. The molecule has 2 aromatic rings. The van der Waals surface area contributed by atoms with Gasteiger partial charge in [-0.1, -0.05) is 30.3 Å². The molecule has 162 valence electrons. The van der Waals surface area contributed by atoms with E-state index in [0.717, 1.165) is 36.4 Å². The van der Waals surface area contributed by atoms with Crippen LogP contribution in [0.15, 0.2) is 54.6 Å². The summed E-state index contributed by atoms with van der Waals surface area (Å²) in [5.41, 5.74) is 1.54. The lowest BCUT2D eigenvalue weighted by atomic mass is 10.0. The molecule has 0 spiro atoms. The third-order valence-electron chi connectivity index (χ3n) is 6.27. The van der Waals surface area contributed by atoms with Crippen molar-refractivity contribution < 1.29 is 23.7 Å². The van der Waals surface area contributed by atoms with Gasteiger partial charge >= 0.3 is 0 Å². The zero-order valence-corrected chi connectivity index (χ0v) is 17.4. The number of hydrogen-bond donors (Lipinski definition) is 2. The highest BCUT2D eigenvalue weighted by Crippen LogP contribution is 2.14. The normalized spacial score (nSPS) is 23.8. The van der Waals surface area contributed by atoms with Gasteiger partial charge < -0.3 is 10.2 Å². The number of amides is 3. The van der Waals surface area contributed by atoms with Gasteiger partial charge in [0.25, 0.3) is 11.8 Å². The van der Waals surface area contributed by atoms with Crippen LogP contribution >= 0.6 is 0 Å². The first-order valence-corrected chi connectivity index (χ1v) is 10.8. The first-order valence-electron chi connectivity index (χ1n) is 10.8. The Morgan fingerprint density at radius 1 is 1.03 bits per heavy atom. The van der Waals surface area contributed by atoms with Crippen molar-refractivity contribution in [2.24, 2.45) is 0 Å². The maximum absolute atomic E-state index is 13.0. The summed E-state index contributed by atoms with van der Waals surface area (Å²) in [6.45, 7) is 1.87. The van der Waals surface area contributed by atoms with E-state index in [1.54, 1.807) is 0 Å². The highest BCUT2D eigenvalue weighted by atomic mass is 19.1. The van der Waals surface area contributed by atoms with Gasteiger partial charge in [-0.2, -0.15) is 0 Å². The molecule has 7 heteroatoms. The average molecular weight is 424 g/mol. The summed E-state index contributed by atoms with van der Waals surface area (Å²) in [4.78, 5) is 40.2. The molecule has 2 aliphatic heterocycles. The van der Waals surface area contributed by atoms with Crippen LogP contribution in [-0.2, 0) is 16.0 Å². The Morgan fingerprint density at radius 2 is 1.71 bits per heavy atom. The summed E-state index contributed by atoms with van der Waals surface area (Å²) in [6, 6.07) is 15.0. The quantitative estimate of drug-likeness (QED) is 0.679. The lowest BCUT2D eigenvalue weighted by molar-refractivity contribution is -0.920. The average Bonchev–Trinajstić information content (AvgIpc) is 3.07. The molecule has 2 aliphatic rings. The number of carbonyl (C=O) groups is 3. The predicted molar refractivity (Wildman–Crippen MR) is 113 cm³/mol. The number of hydrogen-bond acceptors (Lipinski definition) is 3.